The number of anilines is 3. The van der Waals surface area contributed by atoms with Crippen LogP contribution in [0, 0.1) is 24.7 Å². The zero-order valence-electron chi connectivity index (χ0n) is 23.2. The summed E-state index contributed by atoms with van der Waals surface area (Å²) < 4.78 is 28.4. The van der Waals surface area contributed by atoms with Crippen LogP contribution in [0.3, 0.4) is 0 Å². The fourth-order valence-corrected chi connectivity index (χ4v) is 8.64. The molecule has 6 nitrogen and oxygen atoms in total. The predicted molar refractivity (Wildman–Crippen MR) is 168 cm³/mol. The average Bonchev–Trinajstić information content (AvgIpc) is 3.62. The van der Waals surface area contributed by atoms with Gasteiger partial charge in [-0.2, -0.15) is 0 Å². The number of hydrogen-bond donors (Lipinski definition) is 3. The molecule has 214 valence electrons. The average molecular weight is 598 g/mol. The first-order valence-corrected chi connectivity index (χ1v) is 16.3. The van der Waals surface area contributed by atoms with Crippen molar-refractivity contribution >= 4 is 44.6 Å². The van der Waals surface area contributed by atoms with Crippen LogP contribution in [0.2, 0.25) is 5.02 Å². The molecule has 4 aromatic carbocycles. The summed E-state index contributed by atoms with van der Waals surface area (Å²) in [4.78, 5) is 13.4. The monoisotopic (exact) mass is 597 g/mol. The Balaban J connectivity index is 1.09. The van der Waals surface area contributed by atoms with Gasteiger partial charge in [-0.1, -0.05) is 48.0 Å². The van der Waals surface area contributed by atoms with Crippen LogP contribution in [-0.2, 0) is 10.0 Å². The summed E-state index contributed by atoms with van der Waals surface area (Å²) in [5, 5.41) is 7.25. The fourth-order valence-electron chi connectivity index (χ4n) is 7.41. The normalized spacial score (nSPS) is 23.9. The number of rotatable bonds is 6. The highest BCUT2D eigenvalue weighted by atomic mass is 35.5. The van der Waals surface area contributed by atoms with Crippen molar-refractivity contribution < 1.29 is 13.2 Å². The first kappa shape index (κ1) is 27.0. The number of nitrogens with one attached hydrogen (secondary N) is 3. The van der Waals surface area contributed by atoms with Crippen LogP contribution in [0.1, 0.15) is 58.3 Å². The van der Waals surface area contributed by atoms with E-state index in [2.05, 4.69) is 51.8 Å². The first-order valence-electron chi connectivity index (χ1n) is 14.4. The maximum atomic E-state index is 13.3. The molecular weight excluding hydrogens is 566 g/mol. The summed E-state index contributed by atoms with van der Waals surface area (Å²) in [6.07, 6.45) is 3.80. The summed E-state index contributed by atoms with van der Waals surface area (Å²) in [5.74, 6) is 2.11. The van der Waals surface area contributed by atoms with Gasteiger partial charge in [0.05, 0.1) is 16.6 Å². The van der Waals surface area contributed by atoms with E-state index in [9.17, 15) is 13.2 Å². The summed E-state index contributed by atoms with van der Waals surface area (Å²) >= 11 is 6.14. The Morgan fingerprint density at radius 1 is 0.881 bits per heavy atom. The van der Waals surface area contributed by atoms with E-state index in [0.29, 0.717) is 45.6 Å². The standard InChI is InChI=1S/C34H32ClN3O3S/c1-20-7-11-26(19-29(20)35)38-42(40,41)27-14-12-25(13-15-27)36-34(39)24-10-16-30-28(18-24)31-22-8-9-23(17-22)32(31)33(37-30)21-5-3-2-4-6-21/h2-7,10-16,18-19,22-23,31-33,37-38H,8-9,17H2,1H3,(H,36,39)/t22-,23-,31-,32-,33-/m0/s1. The van der Waals surface area contributed by atoms with E-state index in [1.54, 1.807) is 30.3 Å². The summed E-state index contributed by atoms with van der Waals surface area (Å²) in [5.41, 5.74) is 6.07. The Morgan fingerprint density at radius 2 is 1.62 bits per heavy atom. The van der Waals surface area contributed by atoms with Crippen molar-refractivity contribution in [3.63, 3.8) is 0 Å². The summed E-state index contributed by atoms with van der Waals surface area (Å²) in [6.45, 7) is 1.85. The highest BCUT2D eigenvalue weighted by molar-refractivity contribution is 7.92. The molecule has 1 amide bonds. The molecule has 2 aliphatic carbocycles. The Kier molecular flexibility index (Phi) is 6.75. The second-order valence-electron chi connectivity index (χ2n) is 11.8. The minimum atomic E-state index is -3.82. The van der Waals surface area contributed by atoms with E-state index >= 15 is 0 Å². The Bertz CT molecular complexity index is 1780. The van der Waals surface area contributed by atoms with Crippen molar-refractivity contribution in [3.05, 3.63) is 118 Å². The minimum absolute atomic E-state index is 0.0901. The lowest BCUT2D eigenvalue weighted by atomic mass is 9.68. The van der Waals surface area contributed by atoms with Crippen molar-refractivity contribution in [2.24, 2.45) is 17.8 Å². The number of fused-ring (bicyclic) bond motifs is 7. The van der Waals surface area contributed by atoms with Crippen LogP contribution in [-0.4, -0.2) is 14.3 Å². The highest BCUT2D eigenvalue weighted by Crippen LogP contribution is 2.63. The van der Waals surface area contributed by atoms with Gasteiger partial charge in [-0.3, -0.25) is 9.52 Å². The Morgan fingerprint density at radius 3 is 2.38 bits per heavy atom. The molecule has 8 heteroatoms. The van der Waals surface area contributed by atoms with Crippen molar-refractivity contribution in [2.75, 3.05) is 15.4 Å². The van der Waals surface area contributed by atoms with Crippen molar-refractivity contribution in [3.8, 4) is 0 Å². The molecule has 7 rings (SSSR count). The van der Waals surface area contributed by atoms with Gasteiger partial charge in [0.2, 0.25) is 0 Å². The smallest absolute Gasteiger partial charge is 0.261 e. The number of amides is 1. The van der Waals surface area contributed by atoms with Crippen LogP contribution in [0.4, 0.5) is 17.1 Å². The molecule has 0 unspecified atom stereocenters. The third-order valence-electron chi connectivity index (χ3n) is 9.35. The second kappa shape index (κ2) is 10.5. The summed E-state index contributed by atoms with van der Waals surface area (Å²) in [6, 6.07) is 28.2. The SMILES string of the molecule is Cc1ccc(NS(=O)(=O)c2ccc(NC(=O)c3ccc4c(c3)[C@@H]3[C@H]5CC[C@@H](C5)[C@@H]3[C@H](c3ccccc3)N4)cc2)cc1Cl. The van der Waals surface area contributed by atoms with Crippen LogP contribution in [0.5, 0.6) is 0 Å². The van der Waals surface area contributed by atoms with E-state index in [-0.39, 0.29) is 16.8 Å². The second-order valence-corrected chi connectivity index (χ2v) is 13.9. The van der Waals surface area contributed by atoms with E-state index in [1.807, 2.05) is 19.1 Å². The molecule has 3 N–H and O–H groups in total. The number of halogens is 1. The lowest BCUT2D eigenvalue weighted by Crippen LogP contribution is -2.35. The molecule has 0 saturated heterocycles. The maximum Gasteiger partial charge on any atom is 0.261 e. The maximum absolute atomic E-state index is 13.3. The Hall–Kier alpha value is -3.81. The van der Waals surface area contributed by atoms with Gasteiger partial charge in [0.25, 0.3) is 15.9 Å². The molecule has 3 aliphatic rings. The van der Waals surface area contributed by atoms with E-state index in [1.165, 1.54) is 42.5 Å². The quantitative estimate of drug-likeness (QED) is 0.210. The zero-order chi connectivity index (χ0) is 29.0. The molecule has 0 radical (unpaired) electrons. The van der Waals surface area contributed by atoms with Crippen LogP contribution in [0.25, 0.3) is 0 Å². The zero-order valence-corrected chi connectivity index (χ0v) is 24.8. The molecule has 2 saturated carbocycles. The molecule has 1 aliphatic heterocycles. The molecular formula is C34H32ClN3O3S. The number of aryl methyl sites for hydroxylation is 1. The predicted octanol–water partition coefficient (Wildman–Crippen LogP) is 8.00. The fraction of sp³-hybridized carbons (Fsp3) is 0.265. The van der Waals surface area contributed by atoms with Gasteiger partial charge in [0, 0.05) is 22.0 Å². The van der Waals surface area contributed by atoms with Gasteiger partial charge in [-0.25, -0.2) is 8.42 Å². The van der Waals surface area contributed by atoms with Crippen LogP contribution < -0.4 is 15.4 Å². The molecule has 5 atom stereocenters. The van der Waals surface area contributed by atoms with E-state index in [4.69, 9.17) is 11.6 Å². The molecule has 2 fully saturated rings. The van der Waals surface area contributed by atoms with E-state index < -0.39 is 10.0 Å². The lowest BCUT2D eigenvalue weighted by molar-refractivity contribution is 0.102. The number of carbonyl (C=O) groups excluding carboxylic acids is 1. The van der Waals surface area contributed by atoms with Crippen LogP contribution in [0.15, 0.2) is 95.9 Å². The number of sulfonamides is 1. The molecule has 42 heavy (non-hydrogen) atoms. The largest absolute Gasteiger partial charge is 0.378 e. The van der Waals surface area contributed by atoms with Gasteiger partial charge in [-0.15, -0.1) is 0 Å². The topological polar surface area (TPSA) is 87.3 Å². The van der Waals surface area contributed by atoms with Crippen molar-refractivity contribution in [1.29, 1.82) is 0 Å². The molecule has 4 aromatic rings. The van der Waals surface area contributed by atoms with Crippen molar-refractivity contribution in [2.45, 2.75) is 43.0 Å². The number of carbonyl (C=O) groups is 1. The number of benzene rings is 4. The highest BCUT2D eigenvalue weighted by Gasteiger charge is 2.53. The Labute approximate surface area is 251 Å². The van der Waals surface area contributed by atoms with Gasteiger partial charge >= 0.3 is 0 Å². The lowest BCUT2D eigenvalue weighted by Gasteiger charge is -2.43. The summed E-state index contributed by atoms with van der Waals surface area (Å²) in [7, 11) is -3.82. The molecule has 0 aromatic heterocycles. The van der Waals surface area contributed by atoms with Gasteiger partial charge < -0.3 is 10.6 Å². The number of hydrogen-bond acceptors (Lipinski definition) is 4. The first-order chi connectivity index (χ1) is 20.3. The van der Waals surface area contributed by atoms with Gasteiger partial charge in [0.1, 0.15) is 0 Å². The minimum Gasteiger partial charge on any atom is -0.378 e. The molecule has 1 heterocycles. The van der Waals surface area contributed by atoms with Gasteiger partial charge in [0.15, 0.2) is 0 Å². The molecule has 0 spiro atoms. The van der Waals surface area contributed by atoms with Crippen LogP contribution >= 0.6 is 11.6 Å². The van der Waals surface area contributed by atoms with Gasteiger partial charge in [-0.05, 0) is 121 Å². The third kappa shape index (κ3) is 4.84. The van der Waals surface area contributed by atoms with E-state index in [0.717, 1.165) is 11.3 Å². The van der Waals surface area contributed by atoms with Crippen molar-refractivity contribution in [1.82, 2.24) is 0 Å². The molecule has 2 bridgehead atoms. The third-order valence-corrected chi connectivity index (χ3v) is 11.2.